The van der Waals surface area contributed by atoms with Crippen LogP contribution < -0.4 is 5.32 Å². The molecule has 1 rings (SSSR count). The van der Waals surface area contributed by atoms with Crippen LogP contribution in [0.4, 0.5) is 0 Å². The van der Waals surface area contributed by atoms with Crippen molar-refractivity contribution in [3.63, 3.8) is 0 Å². The average Bonchev–Trinajstić information content (AvgIpc) is 2.26. The number of rotatable bonds is 6. The predicted octanol–water partition coefficient (Wildman–Crippen LogP) is 1.07. The lowest BCUT2D eigenvalue weighted by Gasteiger charge is -2.10. The summed E-state index contributed by atoms with van der Waals surface area (Å²) < 4.78 is 11.9. The molecule has 0 fully saturated rings. The monoisotopic (exact) mass is 241 g/mol. The zero-order valence-corrected chi connectivity index (χ0v) is 10.6. The van der Waals surface area contributed by atoms with Gasteiger partial charge in [0.25, 0.3) is 0 Å². The Hall–Kier alpha value is -0.710. The smallest absolute Gasteiger partial charge is 0.0783 e. The fraction of sp³-hybridized carbons (Fsp3) is 0.500. The number of likely N-dealkylation sites (N-methyl/N-ethyl adjacent to an activating group) is 1. The van der Waals surface area contributed by atoms with Gasteiger partial charge in [-0.05, 0) is 31.2 Å². The number of aliphatic hydroxyl groups is 1. The molecule has 0 aromatic heterocycles. The molecule has 0 amide bonds. The van der Waals surface area contributed by atoms with Gasteiger partial charge in [-0.2, -0.15) is 0 Å². The Morgan fingerprint density at radius 3 is 2.88 bits per heavy atom. The third kappa shape index (κ3) is 4.43. The minimum absolute atomic E-state index is 0.288. The lowest BCUT2D eigenvalue weighted by atomic mass is 10.2. The molecule has 0 aliphatic heterocycles. The molecule has 0 spiro atoms. The molecule has 0 radical (unpaired) electrons. The second-order valence-corrected chi connectivity index (χ2v) is 5.29. The van der Waals surface area contributed by atoms with Crippen LogP contribution in [0.25, 0.3) is 0 Å². The van der Waals surface area contributed by atoms with Crippen molar-refractivity contribution >= 4 is 10.8 Å². The molecule has 4 heteroatoms. The highest BCUT2D eigenvalue weighted by atomic mass is 32.2. The molecule has 0 saturated heterocycles. The van der Waals surface area contributed by atoms with Crippen LogP contribution in [0.2, 0.25) is 0 Å². The zero-order valence-electron chi connectivity index (χ0n) is 9.77. The summed E-state index contributed by atoms with van der Waals surface area (Å²) in [5.41, 5.74) is 1.09. The standard InChI is InChI=1S/C12H19NO2S/c1-3-13-8-11(14)9-16(15)12-6-4-5-10(2)7-12/h4-7,11,13-14H,3,8-9H2,1-2H3. The lowest BCUT2D eigenvalue weighted by molar-refractivity contribution is 0.195. The summed E-state index contributed by atoms with van der Waals surface area (Å²) in [7, 11) is -1.12. The van der Waals surface area contributed by atoms with Crippen molar-refractivity contribution in [1.29, 1.82) is 0 Å². The number of benzene rings is 1. The van der Waals surface area contributed by atoms with Crippen LogP contribution in [0.1, 0.15) is 12.5 Å². The van der Waals surface area contributed by atoms with Gasteiger partial charge in [-0.25, -0.2) is 0 Å². The Morgan fingerprint density at radius 1 is 1.50 bits per heavy atom. The molecule has 0 bridgehead atoms. The van der Waals surface area contributed by atoms with Crippen molar-refractivity contribution < 1.29 is 9.32 Å². The Bertz CT molecular complexity index is 355. The van der Waals surface area contributed by atoms with Crippen LogP contribution in [0.5, 0.6) is 0 Å². The molecule has 16 heavy (non-hydrogen) atoms. The van der Waals surface area contributed by atoms with Crippen LogP contribution in [-0.4, -0.2) is 34.3 Å². The first-order chi connectivity index (χ1) is 7.63. The predicted molar refractivity (Wildman–Crippen MR) is 67.0 cm³/mol. The van der Waals surface area contributed by atoms with Gasteiger partial charge in [0.1, 0.15) is 0 Å². The van der Waals surface area contributed by atoms with Gasteiger partial charge in [-0.3, -0.25) is 4.21 Å². The van der Waals surface area contributed by atoms with Gasteiger partial charge in [0.05, 0.1) is 22.7 Å². The van der Waals surface area contributed by atoms with Crippen molar-refractivity contribution in [2.75, 3.05) is 18.8 Å². The maximum atomic E-state index is 11.9. The van der Waals surface area contributed by atoms with E-state index in [0.717, 1.165) is 17.0 Å². The summed E-state index contributed by atoms with van der Waals surface area (Å²) in [5, 5.41) is 12.7. The molecule has 0 saturated carbocycles. The molecular weight excluding hydrogens is 222 g/mol. The van der Waals surface area contributed by atoms with E-state index >= 15 is 0 Å². The van der Waals surface area contributed by atoms with E-state index in [2.05, 4.69) is 5.32 Å². The number of nitrogens with one attached hydrogen (secondary N) is 1. The van der Waals surface area contributed by atoms with E-state index < -0.39 is 16.9 Å². The Labute approximate surface area is 99.3 Å². The maximum Gasteiger partial charge on any atom is 0.0783 e. The van der Waals surface area contributed by atoms with Gasteiger partial charge >= 0.3 is 0 Å². The fourth-order valence-electron chi connectivity index (χ4n) is 1.40. The summed E-state index contributed by atoms with van der Waals surface area (Å²) in [6.07, 6.45) is -0.554. The second kappa shape index (κ2) is 6.78. The molecule has 0 aliphatic rings. The number of hydrogen-bond donors (Lipinski definition) is 2. The minimum atomic E-state index is -1.12. The van der Waals surface area contributed by atoms with Gasteiger partial charge in [0.2, 0.25) is 0 Å². The summed E-state index contributed by atoms with van der Waals surface area (Å²) in [6, 6.07) is 7.59. The molecule has 2 unspecified atom stereocenters. The topological polar surface area (TPSA) is 49.3 Å². The first-order valence-corrected chi connectivity index (χ1v) is 6.79. The van der Waals surface area contributed by atoms with Crippen molar-refractivity contribution in [1.82, 2.24) is 5.32 Å². The quantitative estimate of drug-likeness (QED) is 0.783. The largest absolute Gasteiger partial charge is 0.391 e. The Morgan fingerprint density at radius 2 is 2.25 bits per heavy atom. The highest BCUT2D eigenvalue weighted by Crippen LogP contribution is 2.09. The zero-order chi connectivity index (χ0) is 12.0. The summed E-state index contributed by atoms with van der Waals surface area (Å²) >= 11 is 0. The van der Waals surface area contributed by atoms with Crippen molar-refractivity contribution in [2.45, 2.75) is 24.8 Å². The van der Waals surface area contributed by atoms with E-state index in [4.69, 9.17) is 0 Å². The average molecular weight is 241 g/mol. The molecular formula is C12H19NO2S. The number of hydrogen-bond acceptors (Lipinski definition) is 3. The normalized spacial score (nSPS) is 14.7. The Kier molecular flexibility index (Phi) is 5.66. The van der Waals surface area contributed by atoms with E-state index in [9.17, 15) is 9.32 Å². The molecule has 2 atom stereocenters. The first kappa shape index (κ1) is 13.4. The van der Waals surface area contributed by atoms with Crippen LogP contribution in [-0.2, 0) is 10.8 Å². The number of aliphatic hydroxyl groups excluding tert-OH is 1. The van der Waals surface area contributed by atoms with Crippen LogP contribution in [0.3, 0.4) is 0 Å². The van der Waals surface area contributed by atoms with Crippen LogP contribution >= 0.6 is 0 Å². The van der Waals surface area contributed by atoms with Gasteiger partial charge in [-0.15, -0.1) is 0 Å². The van der Waals surface area contributed by atoms with E-state index in [0.29, 0.717) is 6.54 Å². The van der Waals surface area contributed by atoms with Crippen molar-refractivity contribution in [2.24, 2.45) is 0 Å². The first-order valence-electron chi connectivity index (χ1n) is 5.47. The molecule has 0 heterocycles. The van der Waals surface area contributed by atoms with Gasteiger partial charge < -0.3 is 10.4 Å². The van der Waals surface area contributed by atoms with E-state index in [-0.39, 0.29) is 5.75 Å². The lowest BCUT2D eigenvalue weighted by Crippen LogP contribution is -2.30. The molecule has 0 aliphatic carbocycles. The fourth-order valence-corrected chi connectivity index (χ4v) is 2.61. The van der Waals surface area contributed by atoms with Crippen molar-refractivity contribution in [3.05, 3.63) is 29.8 Å². The molecule has 1 aromatic carbocycles. The van der Waals surface area contributed by atoms with Gasteiger partial charge in [0, 0.05) is 11.4 Å². The molecule has 90 valence electrons. The maximum absolute atomic E-state index is 11.9. The Balaban J connectivity index is 2.52. The van der Waals surface area contributed by atoms with E-state index in [1.54, 1.807) is 0 Å². The van der Waals surface area contributed by atoms with Gasteiger partial charge in [-0.1, -0.05) is 19.1 Å². The summed E-state index contributed by atoms with van der Waals surface area (Å²) in [4.78, 5) is 0.788. The second-order valence-electron chi connectivity index (χ2n) is 3.79. The molecule has 2 N–H and O–H groups in total. The molecule has 1 aromatic rings. The SMILES string of the molecule is CCNCC(O)CS(=O)c1cccc(C)c1. The summed E-state index contributed by atoms with van der Waals surface area (Å²) in [6.45, 7) is 5.25. The minimum Gasteiger partial charge on any atom is -0.391 e. The van der Waals surface area contributed by atoms with Crippen LogP contribution in [0.15, 0.2) is 29.2 Å². The van der Waals surface area contributed by atoms with E-state index in [1.165, 1.54) is 0 Å². The van der Waals surface area contributed by atoms with E-state index in [1.807, 2.05) is 38.1 Å². The third-order valence-corrected chi connectivity index (χ3v) is 3.69. The van der Waals surface area contributed by atoms with Crippen molar-refractivity contribution in [3.8, 4) is 0 Å². The van der Waals surface area contributed by atoms with Crippen LogP contribution in [0, 0.1) is 6.92 Å². The third-order valence-electron chi connectivity index (χ3n) is 2.23. The highest BCUT2D eigenvalue weighted by Gasteiger charge is 2.10. The highest BCUT2D eigenvalue weighted by molar-refractivity contribution is 7.85. The summed E-state index contributed by atoms with van der Waals surface area (Å²) in [5.74, 6) is 0.288. The van der Waals surface area contributed by atoms with Gasteiger partial charge in [0.15, 0.2) is 0 Å². The number of aryl methyl sites for hydroxylation is 1. The molecule has 3 nitrogen and oxygen atoms in total.